The fraction of sp³-hybridized carbons (Fsp3) is 0.125. The van der Waals surface area contributed by atoms with Gasteiger partial charge in [-0.1, -0.05) is 11.6 Å². The molecule has 0 heterocycles. The van der Waals surface area contributed by atoms with E-state index in [1.54, 1.807) is 24.3 Å². The molecule has 0 spiro atoms. The molecule has 0 unspecified atom stereocenters. The van der Waals surface area contributed by atoms with Crippen molar-refractivity contribution in [3.05, 3.63) is 58.6 Å². The predicted molar refractivity (Wildman–Crippen MR) is 93.1 cm³/mol. The second kappa shape index (κ2) is 7.71. The van der Waals surface area contributed by atoms with Gasteiger partial charge < -0.3 is 10.1 Å². The maximum atomic E-state index is 12.6. The van der Waals surface area contributed by atoms with Crippen molar-refractivity contribution < 1.29 is 22.7 Å². The van der Waals surface area contributed by atoms with Gasteiger partial charge in [-0.25, -0.2) is 0 Å². The van der Waals surface area contributed by atoms with Crippen LogP contribution < -0.4 is 15.4 Å². The van der Waals surface area contributed by atoms with E-state index in [0.29, 0.717) is 11.3 Å². The maximum absolute atomic E-state index is 12.6. The van der Waals surface area contributed by atoms with E-state index in [4.69, 9.17) is 28.6 Å². The lowest BCUT2D eigenvalue weighted by atomic mass is 10.2. The van der Waals surface area contributed by atoms with Crippen LogP contribution in [0.15, 0.2) is 42.5 Å². The molecular formula is C16H12ClF3N2O2S. The first-order valence-corrected chi connectivity index (χ1v) is 7.62. The average molecular weight is 389 g/mol. The standard InChI is InChI=1S/C16H12ClF3N2O2S/c1-24-11-5-2-9(3-6-11)14(23)22-15(25)21-13-7-4-10(8-12(13)17)16(18,19)20/h2-8H,1H3,(H2,21,22,23,25). The molecule has 0 aromatic heterocycles. The molecule has 2 aromatic carbocycles. The monoisotopic (exact) mass is 388 g/mol. The summed E-state index contributed by atoms with van der Waals surface area (Å²) in [6.07, 6.45) is -4.49. The summed E-state index contributed by atoms with van der Waals surface area (Å²) in [5.41, 5.74) is -0.394. The van der Waals surface area contributed by atoms with Gasteiger partial charge in [0.2, 0.25) is 0 Å². The van der Waals surface area contributed by atoms with Crippen LogP contribution in [0.5, 0.6) is 5.75 Å². The van der Waals surface area contributed by atoms with Gasteiger partial charge in [0.15, 0.2) is 5.11 Å². The molecule has 25 heavy (non-hydrogen) atoms. The largest absolute Gasteiger partial charge is 0.497 e. The van der Waals surface area contributed by atoms with Gasteiger partial charge in [-0.3, -0.25) is 10.1 Å². The first-order chi connectivity index (χ1) is 11.7. The van der Waals surface area contributed by atoms with Gasteiger partial charge in [-0.2, -0.15) is 13.2 Å². The van der Waals surface area contributed by atoms with Gasteiger partial charge in [0.25, 0.3) is 5.91 Å². The van der Waals surface area contributed by atoms with Gasteiger partial charge in [-0.05, 0) is 54.7 Å². The Morgan fingerprint density at radius 1 is 1.16 bits per heavy atom. The number of benzene rings is 2. The van der Waals surface area contributed by atoms with E-state index in [1.807, 2.05) is 0 Å². The molecule has 2 aromatic rings. The van der Waals surface area contributed by atoms with E-state index >= 15 is 0 Å². The minimum Gasteiger partial charge on any atom is -0.497 e. The zero-order valence-corrected chi connectivity index (χ0v) is 14.4. The number of anilines is 1. The van der Waals surface area contributed by atoms with Crippen molar-refractivity contribution in [1.82, 2.24) is 5.32 Å². The number of carbonyl (C=O) groups excluding carboxylic acids is 1. The van der Waals surface area contributed by atoms with E-state index in [9.17, 15) is 18.0 Å². The summed E-state index contributed by atoms with van der Waals surface area (Å²) in [6.45, 7) is 0. The molecule has 0 saturated heterocycles. The molecule has 0 fully saturated rings. The number of rotatable bonds is 3. The van der Waals surface area contributed by atoms with Crippen molar-refractivity contribution in [3.63, 3.8) is 0 Å². The number of methoxy groups -OCH3 is 1. The smallest absolute Gasteiger partial charge is 0.416 e. The number of hydrogen-bond donors (Lipinski definition) is 2. The van der Waals surface area contributed by atoms with Crippen molar-refractivity contribution in [2.45, 2.75) is 6.18 Å². The van der Waals surface area contributed by atoms with E-state index < -0.39 is 17.6 Å². The van der Waals surface area contributed by atoms with Crippen molar-refractivity contribution in [3.8, 4) is 5.75 Å². The Labute approximate surface area is 151 Å². The van der Waals surface area contributed by atoms with Gasteiger partial charge >= 0.3 is 6.18 Å². The molecular weight excluding hydrogens is 377 g/mol. The Morgan fingerprint density at radius 2 is 1.80 bits per heavy atom. The van der Waals surface area contributed by atoms with E-state index in [1.165, 1.54) is 7.11 Å². The molecule has 0 aliphatic carbocycles. The van der Waals surface area contributed by atoms with Gasteiger partial charge in [0.1, 0.15) is 5.75 Å². The fourth-order valence-corrected chi connectivity index (χ4v) is 2.29. The van der Waals surface area contributed by atoms with Gasteiger partial charge in [-0.15, -0.1) is 0 Å². The van der Waals surface area contributed by atoms with Gasteiger partial charge in [0.05, 0.1) is 23.4 Å². The maximum Gasteiger partial charge on any atom is 0.416 e. The molecule has 9 heteroatoms. The first-order valence-electron chi connectivity index (χ1n) is 6.84. The van der Waals surface area contributed by atoms with Crippen LogP contribution in [-0.4, -0.2) is 18.1 Å². The molecule has 0 aliphatic rings. The normalized spacial score (nSPS) is 10.9. The minimum absolute atomic E-state index is 0.0949. The number of carbonyl (C=O) groups is 1. The van der Waals surface area contributed by atoms with Crippen LogP contribution in [0.25, 0.3) is 0 Å². The van der Waals surface area contributed by atoms with Crippen molar-refractivity contribution >= 4 is 40.5 Å². The number of nitrogens with one attached hydrogen (secondary N) is 2. The number of thiocarbonyl (C=S) groups is 1. The number of amides is 1. The summed E-state index contributed by atoms with van der Waals surface area (Å²) in [5.74, 6) is 0.108. The summed E-state index contributed by atoms with van der Waals surface area (Å²) in [6, 6.07) is 9.08. The van der Waals surface area contributed by atoms with Crippen LogP contribution in [0.2, 0.25) is 5.02 Å². The summed E-state index contributed by atoms with van der Waals surface area (Å²) in [7, 11) is 1.50. The Hall–Kier alpha value is -2.32. The second-order valence-electron chi connectivity index (χ2n) is 4.83. The Kier molecular flexibility index (Phi) is 5.86. The SMILES string of the molecule is COc1ccc(C(=O)NC(=S)Nc2ccc(C(F)(F)F)cc2Cl)cc1. The van der Waals surface area contributed by atoms with Crippen molar-refractivity contribution in [1.29, 1.82) is 0 Å². The lowest BCUT2D eigenvalue weighted by Gasteiger charge is -2.13. The first kappa shape index (κ1) is 19.0. The highest BCUT2D eigenvalue weighted by Crippen LogP contribution is 2.33. The Bertz CT molecular complexity index is 795. The summed E-state index contributed by atoms with van der Waals surface area (Å²) in [5, 5.41) is 4.74. The van der Waals surface area contributed by atoms with Crippen LogP contribution in [0.4, 0.5) is 18.9 Å². The molecule has 0 radical (unpaired) electrons. The molecule has 0 bridgehead atoms. The second-order valence-corrected chi connectivity index (χ2v) is 5.64. The Balaban J connectivity index is 2.03. The fourth-order valence-electron chi connectivity index (χ4n) is 1.86. The molecule has 1 amide bonds. The molecule has 0 aliphatic heterocycles. The number of alkyl halides is 3. The Morgan fingerprint density at radius 3 is 2.32 bits per heavy atom. The topological polar surface area (TPSA) is 50.4 Å². The quantitative estimate of drug-likeness (QED) is 0.760. The lowest BCUT2D eigenvalue weighted by molar-refractivity contribution is -0.137. The number of ether oxygens (including phenoxy) is 1. The van der Waals surface area contributed by atoms with Crippen LogP contribution >= 0.6 is 23.8 Å². The lowest BCUT2D eigenvalue weighted by Crippen LogP contribution is -2.34. The van der Waals surface area contributed by atoms with Crippen LogP contribution in [0.3, 0.4) is 0 Å². The molecule has 2 N–H and O–H groups in total. The zero-order chi connectivity index (χ0) is 18.6. The summed E-state index contributed by atoms with van der Waals surface area (Å²) in [4.78, 5) is 12.1. The molecule has 4 nitrogen and oxygen atoms in total. The third-order valence-corrected chi connectivity index (χ3v) is 3.64. The van der Waals surface area contributed by atoms with Crippen molar-refractivity contribution in [2.75, 3.05) is 12.4 Å². The van der Waals surface area contributed by atoms with E-state index in [-0.39, 0.29) is 15.8 Å². The summed E-state index contributed by atoms with van der Waals surface area (Å²) < 4.78 is 42.8. The number of halogens is 4. The molecule has 132 valence electrons. The van der Waals surface area contributed by atoms with Crippen molar-refractivity contribution in [2.24, 2.45) is 0 Å². The molecule has 2 rings (SSSR count). The van der Waals surface area contributed by atoms with Crippen LogP contribution in [0, 0.1) is 0 Å². The highest BCUT2D eigenvalue weighted by atomic mass is 35.5. The summed E-state index contributed by atoms with van der Waals surface area (Å²) >= 11 is 10.8. The predicted octanol–water partition coefficient (Wildman–Crippen LogP) is 4.49. The van der Waals surface area contributed by atoms with Crippen LogP contribution in [0.1, 0.15) is 15.9 Å². The van der Waals surface area contributed by atoms with E-state index in [2.05, 4.69) is 10.6 Å². The minimum atomic E-state index is -4.49. The highest BCUT2D eigenvalue weighted by molar-refractivity contribution is 7.80. The molecule has 0 atom stereocenters. The van der Waals surface area contributed by atoms with Crippen LogP contribution in [-0.2, 0) is 6.18 Å². The number of hydrogen-bond acceptors (Lipinski definition) is 3. The zero-order valence-electron chi connectivity index (χ0n) is 12.8. The van der Waals surface area contributed by atoms with Gasteiger partial charge in [0, 0.05) is 5.56 Å². The highest BCUT2D eigenvalue weighted by Gasteiger charge is 2.30. The third-order valence-electron chi connectivity index (χ3n) is 3.12. The average Bonchev–Trinajstić information content (AvgIpc) is 2.55. The molecule has 0 saturated carbocycles. The third kappa shape index (κ3) is 5.07. The van der Waals surface area contributed by atoms with E-state index in [0.717, 1.165) is 18.2 Å².